The number of anilines is 1. The number of hydrogen-bond donors (Lipinski definition) is 1. The minimum atomic E-state index is -1.09. The Morgan fingerprint density at radius 1 is 1.14 bits per heavy atom. The van der Waals surface area contributed by atoms with Crippen molar-refractivity contribution in [2.45, 2.75) is 32.6 Å². The molecule has 1 aromatic rings. The van der Waals surface area contributed by atoms with Gasteiger partial charge in [-0.1, -0.05) is 18.0 Å². The first kappa shape index (κ1) is 20.5. The second-order valence-corrected chi connectivity index (χ2v) is 7.59. The summed E-state index contributed by atoms with van der Waals surface area (Å²) in [6, 6.07) is 5.55. The van der Waals surface area contributed by atoms with Crippen LogP contribution < -0.4 is 10.2 Å². The van der Waals surface area contributed by atoms with Gasteiger partial charge < -0.3 is 4.90 Å². The fourth-order valence-electron chi connectivity index (χ4n) is 3.60. The molecule has 3 rings (SSSR count). The van der Waals surface area contributed by atoms with Crippen LogP contribution in [0, 0.1) is 5.92 Å². The fourth-order valence-corrected chi connectivity index (χ4v) is 3.73. The van der Waals surface area contributed by atoms with Crippen LogP contribution in [0.25, 0.3) is 0 Å². The van der Waals surface area contributed by atoms with Crippen LogP contribution in [0.4, 0.5) is 10.5 Å². The first-order chi connectivity index (χ1) is 13.5. The van der Waals surface area contributed by atoms with Gasteiger partial charge in [-0.3, -0.25) is 19.9 Å². The number of carbonyl (C=O) groups is 3. The Labute approximate surface area is 169 Å². The molecule has 2 saturated heterocycles. The van der Waals surface area contributed by atoms with E-state index in [1.54, 1.807) is 31.2 Å². The van der Waals surface area contributed by atoms with E-state index in [0.29, 0.717) is 23.0 Å². The smallest absolute Gasteiger partial charge is 0.303 e. The number of likely N-dealkylation sites (tertiary alicyclic amines) is 1. The van der Waals surface area contributed by atoms with Gasteiger partial charge in [0, 0.05) is 17.3 Å². The molecule has 1 atom stereocenters. The van der Waals surface area contributed by atoms with Gasteiger partial charge >= 0.3 is 6.03 Å². The Bertz CT molecular complexity index is 772. The molecule has 0 bridgehead atoms. The van der Waals surface area contributed by atoms with Gasteiger partial charge in [-0.15, -0.1) is 0 Å². The van der Waals surface area contributed by atoms with E-state index < -0.39 is 23.8 Å². The van der Waals surface area contributed by atoms with E-state index >= 15 is 0 Å². The van der Waals surface area contributed by atoms with Gasteiger partial charge in [-0.05, 0) is 70.1 Å². The number of barbiturate groups is 1. The highest BCUT2D eigenvalue weighted by Crippen LogP contribution is 2.23. The summed E-state index contributed by atoms with van der Waals surface area (Å²) in [5.41, 5.74) is 0.787. The third kappa shape index (κ3) is 4.77. The SMILES string of the molecule is CC(=NCCCN1CCCCC1)C1C(=O)NC(=O)N(c2ccc(Cl)cc2)C1=O. The monoisotopic (exact) mass is 404 g/mol. The predicted octanol–water partition coefficient (Wildman–Crippen LogP) is 2.88. The van der Waals surface area contributed by atoms with Gasteiger partial charge in [-0.25, -0.2) is 9.69 Å². The van der Waals surface area contributed by atoms with Crippen molar-refractivity contribution in [3.05, 3.63) is 29.3 Å². The standard InChI is InChI=1S/C20H25ClN4O3/c1-14(22-10-5-13-24-11-3-2-4-12-24)17-18(26)23-20(28)25(19(17)27)16-8-6-15(21)7-9-16/h6-9,17H,2-5,10-13H2,1H3,(H,23,26,28). The van der Waals surface area contributed by atoms with Crippen LogP contribution in [0.2, 0.25) is 5.02 Å². The lowest BCUT2D eigenvalue weighted by atomic mass is 9.99. The number of aliphatic imine (C=N–C) groups is 1. The zero-order valence-corrected chi connectivity index (χ0v) is 16.7. The molecule has 1 aromatic carbocycles. The van der Waals surface area contributed by atoms with Gasteiger partial charge in [-0.2, -0.15) is 0 Å². The van der Waals surface area contributed by atoms with Crippen LogP contribution in [0.3, 0.4) is 0 Å². The quantitative estimate of drug-likeness (QED) is 0.449. The van der Waals surface area contributed by atoms with Crippen LogP contribution in [0.5, 0.6) is 0 Å². The normalized spacial score (nSPS) is 21.8. The number of amides is 4. The molecule has 4 amide bonds. The Hall–Kier alpha value is -2.25. The highest BCUT2D eigenvalue weighted by Gasteiger charge is 2.42. The van der Waals surface area contributed by atoms with Crippen molar-refractivity contribution in [3.63, 3.8) is 0 Å². The summed E-state index contributed by atoms with van der Waals surface area (Å²) >= 11 is 5.87. The number of benzene rings is 1. The molecule has 8 heteroatoms. The molecule has 150 valence electrons. The molecular formula is C20H25ClN4O3. The predicted molar refractivity (Wildman–Crippen MR) is 109 cm³/mol. The minimum Gasteiger partial charge on any atom is -0.303 e. The van der Waals surface area contributed by atoms with E-state index in [1.165, 1.54) is 19.3 Å². The number of imide groups is 2. The molecule has 0 aromatic heterocycles. The molecule has 0 spiro atoms. The van der Waals surface area contributed by atoms with Crippen molar-refractivity contribution in [2.24, 2.45) is 10.9 Å². The second kappa shape index (κ2) is 9.30. The van der Waals surface area contributed by atoms with Crippen molar-refractivity contribution < 1.29 is 14.4 Å². The average Bonchev–Trinajstić information content (AvgIpc) is 2.67. The lowest BCUT2D eigenvalue weighted by Gasteiger charge is -2.30. The summed E-state index contributed by atoms with van der Waals surface area (Å²) in [4.78, 5) is 45.2. The van der Waals surface area contributed by atoms with Gasteiger partial charge in [0.2, 0.25) is 5.91 Å². The maximum absolute atomic E-state index is 12.9. The molecule has 2 fully saturated rings. The molecule has 2 aliphatic rings. The van der Waals surface area contributed by atoms with Crippen LogP contribution >= 0.6 is 11.6 Å². The van der Waals surface area contributed by atoms with E-state index in [-0.39, 0.29) is 0 Å². The molecule has 7 nitrogen and oxygen atoms in total. The zero-order chi connectivity index (χ0) is 20.1. The van der Waals surface area contributed by atoms with Crippen molar-refractivity contribution in [2.75, 3.05) is 31.1 Å². The van der Waals surface area contributed by atoms with Crippen molar-refractivity contribution in [1.29, 1.82) is 0 Å². The van der Waals surface area contributed by atoms with Crippen LogP contribution in [-0.4, -0.2) is 54.6 Å². The highest BCUT2D eigenvalue weighted by molar-refractivity contribution is 6.35. The topological polar surface area (TPSA) is 82.1 Å². The lowest BCUT2D eigenvalue weighted by Crippen LogP contribution is -2.60. The van der Waals surface area contributed by atoms with Crippen LogP contribution in [0.15, 0.2) is 29.3 Å². The summed E-state index contributed by atoms with van der Waals surface area (Å²) in [5.74, 6) is -2.31. The number of hydrogen-bond acceptors (Lipinski definition) is 5. The molecule has 0 saturated carbocycles. The molecule has 2 aliphatic heterocycles. The van der Waals surface area contributed by atoms with Gasteiger partial charge in [0.05, 0.1) is 5.69 Å². The fraction of sp³-hybridized carbons (Fsp3) is 0.500. The average molecular weight is 405 g/mol. The molecule has 28 heavy (non-hydrogen) atoms. The first-order valence-corrected chi connectivity index (χ1v) is 10.0. The zero-order valence-electron chi connectivity index (χ0n) is 16.0. The molecule has 1 N–H and O–H groups in total. The van der Waals surface area contributed by atoms with Crippen LogP contribution in [0.1, 0.15) is 32.6 Å². The third-order valence-electron chi connectivity index (χ3n) is 5.11. The van der Waals surface area contributed by atoms with E-state index in [9.17, 15) is 14.4 Å². The Morgan fingerprint density at radius 3 is 2.50 bits per heavy atom. The Morgan fingerprint density at radius 2 is 1.82 bits per heavy atom. The van der Waals surface area contributed by atoms with Crippen molar-refractivity contribution in [1.82, 2.24) is 10.2 Å². The summed E-state index contributed by atoms with van der Waals surface area (Å²) in [6.45, 7) is 5.44. The van der Waals surface area contributed by atoms with Gasteiger partial charge in [0.1, 0.15) is 0 Å². The van der Waals surface area contributed by atoms with E-state index in [2.05, 4.69) is 15.2 Å². The number of piperidine rings is 1. The van der Waals surface area contributed by atoms with Gasteiger partial charge in [0.15, 0.2) is 5.92 Å². The lowest BCUT2D eigenvalue weighted by molar-refractivity contribution is -0.131. The van der Waals surface area contributed by atoms with E-state index in [1.807, 2.05) is 0 Å². The number of rotatable bonds is 6. The van der Waals surface area contributed by atoms with Crippen LogP contribution in [-0.2, 0) is 9.59 Å². The number of carbonyl (C=O) groups excluding carboxylic acids is 3. The second-order valence-electron chi connectivity index (χ2n) is 7.16. The van der Waals surface area contributed by atoms with Gasteiger partial charge in [0.25, 0.3) is 5.91 Å². The molecular weight excluding hydrogens is 380 g/mol. The highest BCUT2D eigenvalue weighted by atomic mass is 35.5. The van der Waals surface area contributed by atoms with Crippen molar-refractivity contribution >= 4 is 40.8 Å². The summed E-state index contributed by atoms with van der Waals surface area (Å²) in [6.07, 6.45) is 4.66. The summed E-state index contributed by atoms with van der Waals surface area (Å²) in [7, 11) is 0. The minimum absolute atomic E-state index is 0.363. The maximum atomic E-state index is 12.9. The summed E-state index contributed by atoms with van der Waals surface area (Å²) < 4.78 is 0. The number of urea groups is 1. The number of nitrogens with one attached hydrogen (secondary N) is 1. The molecule has 2 heterocycles. The van der Waals surface area contributed by atoms with E-state index in [4.69, 9.17) is 11.6 Å². The Kier molecular flexibility index (Phi) is 6.80. The molecule has 1 unspecified atom stereocenters. The number of nitrogens with zero attached hydrogens (tertiary/aromatic N) is 3. The third-order valence-corrected chi connectivity index (χ3v) is 5.36. The Balaban J connectivity index is 1.65. The molecule has 0 aliphatic carbocycles. The van der Waals surface area contributed by atoms with Crippen molar-refractivity contribution in [3.8, 4) is 0 Å². The maximum Gasteiger partial charge on any atom is 0.335 e. The number of halogens is 1. The first-order valence-electron chi connectivity index (χ1n) is 9.65. The molecule has 0 radical (unpaired) electrons. The largest absolute Gasteiger partial charge is 0.335 e. The summed E-state index contributed by atoms with van der Waals surface area (Å²) in [5, 5.41) is 2.74. The van der Waals surface area contributed by atoms with E-state index in [0.717, 1.165) is 31.0 Å².